The van der Waals surface area contributed by atoms with E-state index in [0.29, 0.717) is 24.2 Å². The van der Waals surface area contributed by atoms with E-state index in [1.54, 1.807) is 12.3 Å². The molecule has 7 nitrogen and oxygen atoms in total. The highest BCUT2D eigenvalue weighted by atomic mass is 16.2. The highest BCUT2D eigenvalue weighted by molar-refractivity contribution is 6.04. The molecule has 7 heteroatoms. The summed E-state index contributed by atoms with van der Waals surface area (Å²) in [6.07, 6.45) is 3.23. The van der Waals surface area contributed by atoms with Gasteiger partial charge in [0.2, 0.25) is 0 Å². The van der Waals surface area contributed by atoms with Crippen LogP contribution in [0, 0.1) is 6.92 Å². The molecule has 0 saturated heterocycles. The lowest BCUT2D eigenvalue weighted by molar-refractivity contribution is 0.0764. The number of aryl methyl sites for hydroxylation is 3. The minimum atomic E-state index is 0.0105. The molecule has 0 bridgehead atoms. The Morgan fingerprint density at radius 2 is 1.80 bits per heavy atom. The molecule has 1 amide bonds. The molecular formula is C23H24N6O. The molecule has 0 saturated carbocycles. The van der Waals surface area contributed by atoms with Gasteiger partial charge in [-0.05, 0) is 19.4 Å². The van der Waals surface area contributed by atoms with Gasteiger partial charge in [0.1, 0.15) is 11.3 Å². The van der Waals surface area contributed by atoms with Crippen molar-refractivity contribution in [3.05, 3.63) is 65.2 Å². The van der Waals surface area contributed by atoms with E-state index >= 15 is 0 Å². The SMILES string of the molecule is Cc1nc2c(C(=O)N3CCc4nn(C)c(-c5ccccc5)c4CC3)ccnc2n1C. The second-order valence-corrected chi connectivity index (χ2v) is 7.80. The van der Waals surface area contributed by atoms with Gasteiger partial charge >= 0.3 is 0 Å². The standard InChI is InChI=1S/C23H24N6O/c1-15-25-20-18(9-12-24-22(20)27(15)2)23(30)29-13-10-17-19(11-14-29)26-28(3)21(17)16-7-5-4-6-8-16/h4-9,12H,10-11,13-14H2,1-3H3. The maximum atomic E-state index is 13.4. The third-order valence-electron chi connectivity index (χ3n) is 6.03. The number of hydrogen-bond donors (Lipinski definition) is 0. The van der Waals surface area contributed by atoms with Gasteiger partial charge in [-0.3, -0.25) is 9.48 Å². The summed E-state index contributed by atoms with van der Waals surface area (Å²) in [6.45, 7) is 3.23. The summed E-state index contributed by atoms with van der Waals surface area (Å²) in [5, 5.41) is 4.77. The second kappa shape index (κ2) is 7.09. The molecule has 4 heterocycles. The molecule has 152 valence electrons. The zero-order valence-electron chi connectivity index (χ0n) is 17.5. The Balaban J connectivity index is 1.46. The van der Waals surface area contributed by atoms with Crippen LogP contribution in [0.15, 0.2) is 42.6 Å². The Labute approximate surface area is 175 Å². The molecule has 1 aliphatic rings. The van der Waals surface area contributed by atoms with Gasteiger partial charge in [0.05, 0.1) is 17.0 Å². The Morgan fingerprint density at radius 1 is 1.03 bits per heavy atom. The molecular weight excluding hydrogens is 376 g/mol. The zero-order chi connectivity index (χ0) is 20.8. The molecule has 1 aliphatic heterocycles. The number of imidazole rings is 1. The fraction of sp³-hybridized carbons (Fsp3) is 0.304. The number of amides is 1. The summed E-state index contributed by atoms with van der Waals surface area (Å²) in [5.74, 6) is 0.856. The summed E-state index contributed by atoms with van der Waals surface area (Å²) in [4.78, 5) is 24.3. The van der Waals surface area contributed by atoms with E-state index in [4.69, 9.17) is 5.10 Å². The van der Waals surface area contributed by atoms with Crippen LogP contribution in [0.3, 0.4) is 0 Å². The van der Waals surface area contributed by atoms with E-state index in [0.717, 1.165) is 41.3 Å². The Morgan fingerprint density at radius 3 is 2.60 bits per heavy atom. The van der Waals surface area contributed by atoms with Gasteiger partial charge in [-0.25, -0.2) is 9.97 Å². The van der Waals surface area contributed by atoms with Gasteiger partial charge in [0, 0.05) is 50.9 Å². The van der Waals surface area contributed by atoms with Crippen molar-refractivity contribution in [2.24, 2.45) is 14.1 Å². The van der Waals surface area contributed by atoms with Crippen molar-refractivity contribution in [2.75, 3.05) is 13.1 Å². The van der Waals surface area contributed by atoms with Crippen LogP contribution in [0.1, 0.15) is 27.4 Å². The Kier molecular flexibility index (Phi) is 4.38. The van der Waals surface area contributed by atoms with Gasteiger partial charge in [-0.15, -0.1) is 0 Å². The monoisotopic (exact) mass is 400 g/mol. The second-order valence-electron chi connectivity index (χ2n) is 7.80. The first kappa shape index (κ1) is 18.5. The van der Waals surface area contributed by atoms with Gasteiger partial charge in [0.15, 0.2) is 5.65 Å². The van der Waals surface area contributed by atoms with Crippen LogP contribution in [-0.2, 0) is 26.9 Å². The van der Waals surface area contributed by atoms with Crippen LogP contribution in [0.5, 0.6) is 0 Å². The van der Waals surface area contributed by atoms with Crippen molar-refractivity contribution in [3.63, 3.8) is 0 Å². The number of carbonyl (C=O) groups is 1. The van der Waals surface area contributed by atoms with Crippen LogP contribution in [0.25, 0.3) is 22.4 Å². The van der Waals surface area contributed by atoms with Crippen molar-refractivity contribution in [1.29, 1.82) is 0 Å². The molecule has 0 unspecified atom stereocenters. The normalized spacial score (nSPS) is 14.0. The highest BCUT2D eigenvalue weighted by Crippen LogP contribution is 2.29. The molecule has 0 atom stereocenters. The number of hydrogen-bond acceptors (Lipinski definition) is 4. The van der Waals surface area contributed by atoms with E-state index in [2.05, 4.69) is 22.1 Å². The topological polar surface area (TPSA) is 68.8 Å². The van der Waals surface area contributed by atoms with E-state index in [9.17, 15) is 4.79 Å². The van der Waals surface area contributed by atoms with E-state index in [1.165, 1.54) is 5.56 Å². The number of nitrogens with zero attached hydrogens (tertiary/aromatic N) is 6. The number of aromatic nitrogens is 5. The first-order chi connectivity index (χ1) is 14.5. The lowest BCUT2D eigenvalue weighted by Crippen LogP contribution is -2.33. The van der Waals surface area contributed by atoms with Crippen molar-refractivity contribution in [2.45, 2.75) is 19.8 Å². The molecule has 30 heavy (non-hydrogen) atoms. The maximum Gasteiger partial charge on any atom is 0.256 e. The predicted octanol–water partition coefficient (Wildman–Crippen LogP) is 2.92. The predicted molar refractivity (Wildman–Crippen MR) is 115 cm³/mol. The largest absolute Gasteiger partial charge is 0.338 e. The average molecular weight is 400 g/mol. The number of pyridine rings is 1. The molecule has 4 aromatic rings. The lowest BCUT2D eigenvalue weighted by atomic mass is 10.0. The van der Waals surface area contributed by atoms with Crippen molar-refractivity contribution < 1.29 is 4.79 Å². The van der Waals surface area contributed by atoms with Gasteiger partial charge in [0.25, 0.3) is 5.91 Å². The van der Waals surface area contributed by atoms with E-state index in [1.807, 2.05) is 53.4 Å². The van der Waals surface area contributed by atoms with Crippen LogP contribution < -0.4 is 0 Å². The van der Waals surface area contributed by atoms with Crippen LogP contribution in [0.2, 0.25) is 0 Å². The molecule has 0 N–H and O–H groups in total. The van der Waals surface area contributed by atoms with Crippen molar-refractivity contribution >= 4 is 17.1 Å². The van der Waals surface area contributed by atoms with Gasteiger partial charge in [-0.1, -0.05) is 30.3 Å². The fourth-order valence-electron chi connectivity index (χ4n) is 4.38. The summed E-state index contributed by atoms with van der Waals surface area (Å²) < 4.78 is 3.89. The van der Waals surface area contributed by atoms with Crippen molar-refractivity contribution in [3.8, 4) is 11.3 Å². The van der Waals surface area contributed by atoms with E-state index in [-0.39, 0.29) is 5.91 Å². The number of carbonyl (C=O) groups excluding carboxylic acids is 1. The molecule has 0 fully saturated rings. The number of rotatable bonds is 2. The number of fused-ring (bicyclic) bond motifs is 2. The van der Waals surface area contributed by atoms with Gasteiger partial charge in [-0.2, -0.15) is 5.10 Å². The number of benzene rings is 1. The first-order valence-corrected chi connectivity index (χ1v) is 10.2. The zero-order valence-corrected chi connectivity index (χ0v) is 17.5. The maximum absolute atomic E-state index is 13.4. The molecule has 0 radical (unpaired) electrons. The minimum absolute atomic E-state index is 0.0105. The van der Waals surface area contributed by atoms with E-state index < -0.39 is 0 Å². The Bertz CT molecular complexity index is 1250. The molecule has 0 aliphatic carbocycles. The first-order valence-electron chi connectivity index (χ1n) is 10.2. The summed E-state index contributed by atoms with van der Waals surface area (Å²) in [5.41, 5.74) is 6.66. The molecule has 3 aromatic heterocycles. The van der Waals surface area contributed by atoms with Crippen LogP contribution in [-0.4, -0.2) is 48.2 Å². The van der Waals surface area contributed by atoms with Crippen LogP contribution in [0.4, 0.5) is 0 Å². The third kappa shape index (κ3) is 2.89. The summed E-state index contributed by atoms with van der Waals surface area (Å²) in [7, 11) is 3.92. The lowest BCUT2D eigenvalue weighted by Gasteiger charge is -2.20. The smallest absolute Gasteiger partial charge is 0.256 e. The van der Waals surface area contributed by atoms with Gasteiger partial charge < -0.3 is 9.47 Å². The third-order valence-corrected chi connectivity index (χ3v) is 6.03. The minimum Gasteiger partial charge on any atom is -0.338 e. The molecule has 0 spiro atoms. The highest BCUT2D eigenvalue weighted by Gasteiger charge is 2.26. The average Bonchev–Trinajstić information content (AvgIpc) is 3.14. The fourth-order valence-corrected chi connectivity index (χ4v) is 4.38. The summed E-state index contributed by atoms with van der Waals surface area (Å²) in [6, 6.07) is 12.1. The summed E-state index contributed by atoms with van der Waals surface area (Å²) >= 11 is 0. The molecule has 1 aromatic carbocycles. The molecule has 5 rings (SSSR count). The van der Waals surface area contributed by atoms with Crippen LogP contribution >= 0.6 is 0 Å². The Hall–Kier alpha value is -3.48. The van der Waals surface area contributed by atoms with Crippen molar-refractivity contribution in [1.82, 2.24) is 29.2 Å². The quantitative estimate of drug-likeness (QED) is 0.519.